The Morgan fingerprint density at radius 2 is 2.12 bits per heavy atom. The van der Waals surface area contributed by atoms with Gasteiger partial charge in [0.05, 0.1) is 0 Å². The van der Waals surface area contributed by atoms with Crippen molar-refractivity contribution in [2.45, 2.75) is 12.5 Å². The van der Waals surface area contributed by atoms with Crippen LogP contribution in [-0.4, -0.2) is 25.8 Å². The van der Waals surface area contributed by atoms with Gasteiger partial charge in [0.2, 0.25) is 0 Å². The molecular weight excluding hydrogens is 206 g/mol. The van der Waals surface area contributed by atoms with Gasteiger partial charge < -0.3 is 9.47 Å². The monoisotopic (exact) mass is 219 g/mol. The van der Waals surface area contributed by atoms with E-state index in [-0.39, 0.29) is 6.61 Å². The van der Waals surface area contributed by atoms with Gasteiger partial charge in [0.25, 0.3) is 0 Å². The van der Waals surface area contributed by atoms with Crippen LogP contribution in [0.5, 0.6) is 0 Å². The van der Waals surface area contributed by atoms with E-state index >= 15 is 0 Å². The molecule has 0 fully saturated rings. The number of nitrogens with zero attached hydrogens (tertiary/aromatic N) is 1. The molecule has 0 aliphatic rings. The molecule has 0 aliphatic carbocycles. The second kappa shape index (κ2) is 6.59. The number of carbonyl (C=O) groups excluding carboxylic acids is 1. The third kappa shape index (κ3) is 3.71. The number of hydrogen-bond donors (Lipinski definition) is 0. The van der Waals surface area contributed by atoms with Gasteiger partial charge >= 0.3 is 5.97 Å². The molecule has 0 bridgehead atoms. The molecule has 4 nitrogen and oxygen atoms in total. The fraction of sp³-hybridized carbons (Fsp3) is 0.333. The van der Waals surface area contributed by atoms with Crippen molar-refractivity contribution < 1.29 is 14.3 Å². The first kappa shape index (κ1) is 12.2. The van der Waals surface area contributed by atoms with Gasteiger partial charge in [-0.1, -0.05) is 30.3 Å². The van der Waals surface area contributed by atoms with E-state index in [0.29, 0.717) is 6.42 Å². The predicted octanol–water partition coefficient (Wildman–Crippen LogP) is 1.31. The molecule has 1 aromatic rings. The predicted molar refractivity (Wildman–Crippen MR) is 57.5 cm³/mol. The topological polar surface area (TPSA) is 59.3 Å². The van der Waals surface area contributed by atoms with Crippen LogP contribution in [0.3, 0.4) is 0 Å². The number of hydrogen-bond acceptors (Lipinski definition) is 4. The maximum absolute atomic E-state index is 11.4. The molecule has 16 heavy (non-hydrogen) atoms. The molecule has 1 rings (SSSR count). The molecule has 0 saturated carbocycles. The van der Waals surface area contributed by atoms with E-state index in [1.165, 1.54) is 7.11 Å². The number of rotatable bonds is 5. The van der Waals surface area contributed by atoms with Gasteiger partial charge in [0, 0.05) is 13.5 Å². The van der Waals surface area contributed by atoms with Crippen molar-refractivity contribution in [1.82, 2.24) is 0 Å². The van der Waals surface area contributed by atoms with Crippen molar-refractivity contribution in [2.75, 3.05) is 13.7 Å². The molecule has 1 aromatic carbocycles. The van der Waals surface area contributed by atoms with Crippen LogP contribution in [0.1, 0.15) is 5.56 Å². The number of esters is 1. The van der Waals surface area contributed by atoms with Crippen LogP contribution in [0.25, 0.3) is 0 Å². The molecule has 0 radical (unpaired) electrons. The summed E-state index contributed by atoms with van der Waals surface area (Å²) in [6.07, 6.45) is -0.211. The van der Waals surface area contributed by atoms with Crippen LogP contribution in [0.4, 0.5) is 0 Å². The number of carbonyl (C=O) groups is 1. The highest BCUT2D eigenvalue weighted by Crippen LogP contribution is 2.06. The first-order valence-electron chi connectivity index (χ1n) is 4.88. The van der Waals surface area contributed by atoms with E-state index < -0.39 is 12.1 Å². The SMILES string of the molecule is COC(Cc1ccccc1)C(=O)OCC#N. The van der Waals surface area contributed by atoms with Gasteiger partial charge in [-0.15, -0.1) is 0 Å². The minimum atomic E-state index is -0.657. The Morgan fingerprint density at radius 1 is 1.44 bits per heavy atom. The zero-order chi connectivity index (χ0) is 11.8. The standard InChI is InChI=1S/C12H13NO3/c1-15-11(12(14)16-8-7-13)9-10-5-3-2-4-6-10/h2-6,11H,8-9H2,1H3. The number of benzene rings is 1. The summed E-state index contributed by atoms with van der Waals surface area (Å²) in [4.78, 5) is 11.4. The maximum Gasteiger partial charge on any atom is 0.336 e. The molecule has 0 spiro atoms. The summed E-state index contributed by atoms with van der Waals surface area (Å²) in [5, 5.41) is 8.29. The third-order valence-corrected chi connectivity index (χ3v) is 2.09. The first-order valence-corrected chi connectivity index (χ1v) is 4.88. The van der Waals surface area contributed by atoms with Crippen molar-refractivity contribution in [2.24, 2.45) is 0 Å². The number of methoxy groups -OCH3 is 1. The van der Waals surface area contributed by atoms with E-state index in [9.17, 15) is 4.79 Å². The van der Waals surface area contributed by atoms with Gasteiger partial charge in [0.15, 0.2) is 12.7 Å². The van der Waals surface area contributed by atoms with Crippen molar-refractivity contribution in [3.8, 4) is 6.07 Å². The largest absolute Gasteiger partial charge is 0.448 e. The molecule has 0 heterocycles. The summed E-state index contributed by atoms with van der Waals surface area (Å²) >= 11 is 0. The lowest BCUT2D eigenvalue weighted by molar-refractivity contribution is -0.153. The van der Waals surface area contributed by atoms with Crippen LogP contribution in [0.2, 0.25) is 0 Å². The summed E-state index contributed by atoms with van der Waals surface area (Å²) in [5.41, 5.74) is 0.989. The summed E-state index contributed by atoms with van der Waals surface area (Å²) in [6.45, 7) is -0.243. The lowest BCUT2D eigenvalue weighted by atomic mass is 10.1. The number of ether oxygens (including phenoxy) is 2. The minimum Gasteiger partial charge on any atom is -0.448 e. The lowest BCUT2D eigenvalue weighted by Gasteiger charge is -2.13. The Hall–Kier alpha value is -1.86. The van der Waals surface area contributed by atoms with E-state index in [2.05, 4.69) is 0 Å². The summed E-state index contributed by atoms with van der Waals surface area (Å²) in [5.74, 6) is -0.507. The van der Waals surface area contributed by atoms with Crippen LogP contribution in [0.15, 0.2) is 30.3 Å². The molecular formula is C12H13NO3. The summed E-state index contributed by atoms with van der Waals surface area (Å²) < 4.78 is 9.72. The summed E-state index contributed by atoms with van der Waals surface area (Å²) in [6, 6.07) is 11.2. The van der Waals surface area contributed by atoms with Crippen molar-refractivity contribution in [1.29, 1.82) is 5.26 Å². The lowest BCUT2D eigenvalue weighted by Crippen LogP contribution is -2.27. The average Bonchev–Trinajstić information content (AvgIpc) is 2.34. The fourth-order valence-corrected chi connectivity index (χ4v) is 1.29. The number of nitriles is 1. The zero-order valence-corrected chi connectivity index (χ0v) is 9.05. The third-order valence-electron chi connectivity index (χ3n) is 2.09. The first-order chi connectivity index (χ1) is 7.77. The Kier molecular flexibility index (Phi) is 5.03. The Morgan fingerprint density at radius 3 is 2.69 bits per heavy atom. The molecule has 0 saturated heterocycles. The van der Waals surface area contributed by atoms with E-state index in [0.717, 1.165) is 5.56 Å². The second-order valence-electron chi connectivity index (χ2n) is 3.18. The van der Waals surface area contributed by atoms with Gasteiger partial charge in [-0.05, 0) is 5.56 Å². The molecule has 0 N–H and O–H groups in total. The molecule has 1 atom stereocenters. The Labute approximate surface area is 94.4 Å². The van der Waals surface area contributed by atoms with Crippen molar-refractivity contribution in [3.05, 3.63) is 35.9 Å². The van der Waals surface area contributed by atoms with Crippen LogP contribution < -0.4 is 0 Å². The molecule has 1 unspecified atom stereocenters. The van der Waals surface area contributed by atoms with Crippen LogP contribution in [-0.2, 0) is 20.7 Å². The quantitative estimate of drug-likeness (QED) is 0.700. The van der Waals surface area contributed by atoms with Crippen LogP contribution >= 0.6 is 0 Å². The Bertz CT molecular complexity index is 370. The van der Waals surface area contributed by atoms with Gasteiger partial charge in [-0.3, -0.25) is 0 Å². The average molecular weight is 219 g/mol. The van der Waals surface area contributed by atoms with E-state index in [1.807, 2.05) is 30.3 Å². The van der Waals surface area contributed by atoms with E-state index in [4.69, 9.17) is 14.7 Å². The molecule has 0 aliphatic heterocycles. The minimum absolute atomic E-state index is 0.243. The van der Waals surface area contributed by atoms with Gasteiger partial charge in [0.1, 0.15) is 6.07 Å². The molecule has 0 aromatic heterocycles. The van der Waals surface area contributed by atoms with E-state index in [1.54, 1.807) is 6.07 Å². The van der Waals surface area contributed by atoms with Crippen molar-refractivity contribution in [3.63, 3.8) is 0 Å². The Balaban J connectivity index is 2.56. The van der Waals surface area contributed by atoms with Crippen molar-refractivity contribution >= 4 is 5.97 Å². The normalized spacial score (nSPS) is 11.5. The summed E-state index contributed by atoms with van der Waals surface area (Å²) in [7, 11) is 1.45. The van der Waals surface area contributed by atoms with Gasteiger partial charge in [-0.25, -0.2) is 4.79 Å². The molecule has 0 amide bonds. The fourth-order valence-electron chi connectivity index (χ4n) is 1.29. The molecule has 4 heteroatoms. The highest BCUT2D eigenvalue weighted by atomic mass is 16.6. The van der Waals surface area contributed by atoms with Gasteiger partial charge in [-0.2, -0.15) is 5.26 Å². The molecule has 84 valence electrons. The maximum atomic E-state index is 11.4. The smallest absolute Gasteiger partial charge is 0.336 e. The zero-order valence-electron chi connectivity index (χ0n) is 9.05. The second-order valence-corrected chi connectivity index (χ2v) is 3.18. The highest BCUT2D eigenvalue weighted by molar-refractivity contribution is 5.75. The highest BCUT2D eigenvalue weighted by Gasteiger charge is 2.19. The van der Waals surface area contributed by atoms with Crippen LogP contribution in [0, 0.1) is 11.3 Å².